The SMILES string of the molecule is CCNC(=NCC(O)c1ccccc1F)NC1CCCC(SCC)C1.I. The largest absolute Gasteiger partial charge is 0.386 e. The molecule has 1 saturated carbocycles. The molecule has 0 saturated heterocycles. The van der Waals surface area contributed by atoms with Crippen molar-refractivity contribution < 1.29 is 9.50 Å². The number of hydrogen-bond acceptors (Lipinski definition) is 3. The van der Waals surface area contributed by atoms with E-state index in [9.17, 15) is 9.50 Å². The fraction of sp³-hybridized carbons (Fsp3) is 0.632. The van der Waals surface area contributed by atoms with Gasteiger partial charge in [0.05, 0.1) is 6.54 Å². The zero-order valence-electron chi connectivity index (χ0n) is 15.6. The smallest absolute Gasteiger partial charge is 0.191 e. The van der Waals surface area contributed by atoms with Crippen LogP contribution in [0.15, 0.2) is 29.3 Å². The number of nitrogens with one attached hydrogen (secondary N) is 2. The number of benzene rings is 1. The van der Waals surface area contributed by atoms with Gasteiger partial charge >= 0.3 is 0 Å². The highest BCUT2D eigenvalue weighted by Crippen LogP contribution is 2.28. The molecule has 3 atom stereocenters. The third-order valence-corrected chi connectivity index (χ3v) is 5.63. The molecular weight excluding hydrogens is 464 g/mol. The van der Waals surface area contributed by atoms with E-state index in [1.54, 1.807) is 18.2 Å². The van der Waals surface area contributed by atoms with Gasteiger partial charge in [-0.1, -0.05) is 31.5 Å². The highest BCUT2D eigenvalue weighted by Gasteiger charge is 2.22. The van der Waals surface area contributed by atoms with E-state index in [2.05, 4.69) is 22.5 Å². The van der Waals surface area contributed by atoms with Gasteiger partial charge in [-0.3, -0.25) is 4.99 Å². The van der Waals surface area contributed by atoms with E-state index in [4.69, 9.17) is 0 Å². The maximum atomic E-state index is 13.8. The van der Waals surface area contributed by atoms with Crippen LogP contribution in [-0.2, 0) is 0 Å². The van der Waals surface area contributed by atoms with Crippen LogP contribution >= 0.6 is 35.7 Å². The number of halogens is 2. The molecule has 0 aromatic heterocycles. The molecule has 3 unspecified atom stereocenters. The minimum atomic E-state index is -0.939. The van der Waals surface area contributed by atoms with Crippen molar-refractivity contribution in [1.82, 2.24) is 10.6 Å². The van der Waals surface area contributed by atoms with Crippen molar-refractivity contribution in [1.29, 1.82) is 0 Å². The summed E-state index contributed by atoms with van der Waals surface area (Å²) in [5, 5.41) is 17.7. The number of aliphatic imine (C=N–C) groups is 1. The summed E-state index contributed by atoms with van der Waals surface area (Å²) in [6.45, 7) is 5.11. The zero-order chi connectivity index (χ0) is 18.1. The molecule has 0 heterocycles. The lowest BCUT2D eigenvalue weighted by molar-refractivity contribution is 0.182. The van der Waals surface area contributed by atoms with Crippen molar-refractivity contribution in [2.24, 2.45) is 4.99 Å². The molecule has 4 nitrogen and oxygen atoms in total. The van der Waals surface area contributed by atoms with Gasteiger partial charge in [0.1, 0.15) is 11.9 Å². The van der Waals surface area contributed by atoms with Crippen LogP contribution < -0.4 is 10.6 Å². The van der Waals surface area contributed by atoms with E-state index in [1.807, 2.05) is 18.7 Å². The summed E-state index contributed by atoms with van der Waals surface area (Å²) in [7, 11) is 0. The molecule has 1 fully saturated rings. The summed E-state index contributed by atoms with van der Waals surface area (Å²) in [6, 6.07) is 6.71. The Morgan fingerprint density at radius 3 is 2.81 bits per heavy atom. The van der Waals surface area contributed by atoms with Crippen molar-refractivity contribution in [3.05, 3.63) is 35.6 Å². The topological polar surface area (TPSA) is 56.7 Å². The molecule has 0 radical (unpaired) electrons. The van der Waals surface area contributed by atoms with Gasteiger partial charge in [0.15, 0.2) is 5.96 Å². The van der Waals surface area contributed by atoms with Crippen molar-refractivity contribution in [3.63, 3.8) is 0 Å². The predicted molar refractivity (Wildman–Crippen MR) is 120 cm³/mol. The van der Waals surface area contributed by atoms with Crippen LogP contribution in [0.25, 0.3) is 0 Å². The number of aliphatic hydroxyl groups is 1. The quantitative estimate of drug-likeness (QED) is 0.303. The number of guanidine groups is 1. The number of thioether (sulfide) groups is 1. The lowest BCUT2D eigenvalue weighted by Gasteiger charge is -2.30. The Kier molecular flexibility index (Phi) is 11.5. The fourth-order valence-corrected chi connectivity index (χ4v) is 4.37. The number of rotatable bonds is 7. The minimum absolute atomic E-state index is 0. The first-order chi connectivity index (χ1) is 12.1. The molecule has 0 spiro atoms. The van der Waals surface area contributed by atoms with Crippen LogP contribution in [0.1, 0.15) is 51.2 Å². The second kappa shape index (κ2) is 12.8. The van der Waals surface area contributed by atoms with Gasteiger partial charge in [-0.2, -0.15) is 11.8 Å². The third-order valence-electron chi connectivity index (χ3n) is 4.40. The van der Waals surface area contributed by atoms with Crippen LogP contribution in [0.2, 0.25) is 0 Å². The summed E-state index contributed by atoms with van der Waals surface area (Å²) < 4.78 is 13.8. The molecule has 1 aromatic carbocycles. The zero-order valence-corrected chi connectivity index (χ0v) is 18.7. The van der Waals surface area contributed by atoms with Crippen molar-refractivity contribution in [2.75, 3.05) is 18.8 Å². The standard InChI is InChI=1S/C19H30FN3OS.HI/c1-3-21-19(23-14-8-7-9-15(12-14)25-4-2)22-13-18(24)16-10-5-6-11-17(16)20;/h5-6,10-11,14-15,18,24H,3-4,7-9,12-13H2,1-2H3,(H2,21,22,23);1H. The Morgan fingerprint density at radius 2 is 2.12 bits per heavy atom. The fourth-order valence-electron chi connectivity index (χ4n) is 3.20. The first kappa shape index (κ1) is 23.5. The number of nitrogens with zero attached hydrogens (tertiary/aromatic N) is 1. The number of hydrogen-bond donors (Lipinski definition) is 3. The van der Waals surface area contributed by atoms with E-state index >= 15 is 0 Å². The molecule has 1 aromatic rings. The number of aliphatic hydroxyl groups excluding tert-OH is 1. The summed E-state index contributed by atoms with van der Waals surface area (Å²) in [6.07, 6.45) is 3.86. The Labute approximate surface area is 177 Å². The molecule has 148 valence electrons. The van der Waals surface area contributed by atoms with Crippen LogP contribution in [0, 0.1) is 5.82 Å². The molecule has 0 bridgehead atoms. The summed E-state index contributed by atoms with van der Waals surface area (Å²) in [5.41, 5.74) is 0.291. The molecule has 7 heteroatoms. The monoisotopic (exact) mass is 495 g/mol. The lowest BCUT2D eigenvalue weighted by atomic mass is 9.95. The highest BCUT2D eigenvalue weighted by molar-refractivity contribution is 14.0. The van der Waals surface area contributed by atoms with Crippen LogP contribution in [0.4, 0.5) is 4.39 Å². The van der Waals surface area contributed by atoms with Gasteiger partial charge < -0.3 is 15.7 Å². The van der Waals surface area contributed by atoms with Crippen molar-refractivity contribution >= 4 is 41.7 Å². The average Bonchev–Trinajstić information content (AvgIpc) is 2.61. The average molecular weight is 495 g/mol. The van der Waals surface area contributed by atoms with Gasteiger partial charge in [-0.05, 0) is 38.0 Å². The maximum Gasteiger partial charge on any atom is 0.191 e. The molecule has 3 N–H and O–H groups in total. The molecule has 26 heavy (non-hydrogen) atoms. The molecule has 1 aliphatic carbocycles. The molecule has 1 aliphatic rings. The Hall–Kier alpha value is -0.540. The second-order valence-corrected chi connectivity index (χ2v) is 7.92. The highest BCUT2D eigenvalue weighted by atomic mass is 127. The normalized spacial score (nSPS) is 21.6. The van der Waals surface area contributed by atoms with Crippen LogP contribution in [0.5, 0.6) is 0 Å². The first-order valence-corrected chi connectivity index (χ1v) is 10.3. The Bertz CT molecular complexity index is 559. The van der Waals surface area contributed by atoms with Crippen LogP contribution in [-0.4, -0.2) is 41.2 Å². The predicted octanol–water partition coefficient (Wildman–Crippen LogP) is 4.10. The summed E-state index contributed by atoms with van der Waals surface area (Å²) in [5.74, 6) is 1.46. The third kappa shape index (κ3) is 7.60. The first-order valence-electron chi connectivity index (χ1n) is 9.23. The van der Waals surface area contributed by atoms with Crippen LogP contribution in [0.3, 0.4) is 0 Å². The van der Waals surface area contributed by atoms with E-state index in [-0.39, 0.29) is 30.5 Å². The van der Waals surface area contributed by atoms with Gasteiger partial charge in [0.2, 0.25) is 0 Å². The van der Waals surface area contributed by atoms with Crippen molar-refractivity contribution in [3.8, 4) is 0 Å². The molecular formula is C19H31FIN3OS. The molecule has 0 aliphatic heterocycles. The maximum absolute atomic E-state index is 13.8. The minimum Gasteiger partial charge on any atom is -0.386 e. The van der Waals surface area contributed by atoms with Gasteiger partial charge in [0.25, 0.3) is 0 Å². The van der Waals surface area contributed by atoms with Gasteiger partial charge in [-0.25, -0.2) is 4.39 Å². The van der Waals surface area contributed by atoms with E-state index in [1.165, 1.54) is 18.9 Å². The molecule has 2 rings (SSSR count). The van der Waals surface area contributed by atoms with Gasteiger partial charge in [-0.15, -0.1) is 24.0 Å². The summed E-state index contributed by atoms with van der Waals surface area (Å²) in [4.78, 5) is 4.47. The van der Waals surface area contributed by atoms with E-state index in [0.717, 1.165) is 25.1 Å². The van der Waals surface area contributed by atoms with E-state index in [0.29, 0.717) is 22.8 Å². The van der Waals surface area contributed by atoms with Gasteiger partial charge in [0, 0.05) is 23.4 Å². The Morgan fingerprint density at radius 1 is 1.35 bits per heavy atom. The van der Waals surface area contributed by atoms with Crippen molar-refractivity contribution in [2.45, 2.75) is 56.9 Å². The molecule has 0 amide bonds. The lowest BCUT2D eigenvalue weighted by Crippen LogP contribution is -2.46. The second-order valence-electron chi connectivity index (χ2n) is 6.34. The van der Waals surface area contributed by atoms with E-state index < -0.39 is 11.9 Å². The summed E-state index contributed by atoms with van der Waals surface area (Å²) >= 11 is 2.03. The Balaban J connectivity index is 0.00000338.